The van der Waals surface area contributed by atoms with Crippen molar-refractivity contribution in [3.63, 3.8) is 0 Å². The molecule has 2 rings (SSSR count). The molecule has 0 spiro atoms. The van der Waals surface area contributed by atoms with Gasteiger partial charge in [0.15, 0.2) is 0 Å². The quantitative estimate of drug-likeness (QED) is 0.900. The third kappa shape index (κ3) is 3.74. The second kappa shape index (κ2) is 6.28. The molecule has 6 heteroatoms. The maximum absolute atomic E-state index is 13.3. The van der Waals surface area contributed by atoms with Crippen LogP contribution in [0.1, 0.15) is 19.5 Å². The lowest BCUT2D eigenvalue weighted by Gasteiger charge is -2.09. The molecule has 20 heavy (non-hydrogen) atoms. The molecule has 106 valence electrons. The minimum atomic E-state index is -0.378. The summed E-state index contributed by atoms with van der Waals surface area (Å²) in [5, 5.41) is 3.19. The highest BCUT2D eigenvalue weighted by Gasteiger charge is 2.09. The molecular weight excluding hydrogens is 325 g/mol. The normalized spacial score (nSPS) is 11.1. The van der Waals surface area contributed by atoms with Crippen LogP contribution in [0.2, 0.25) is 0 Å². The molecule has 0 aliphatic heterocycles. The van der Waals surface area contributed by atoms with Gasteiger partial charge < -0.3 is 10.3 Å². The number of hydrogen-bond acceptors (Lipinski definition) is 3. The number of H-pyrrole nitrogens is 1. The summed E-state index contributed by atoms with van der Waals surface area (Å²) in [5.74, 6) is -0.0269. The second-order valence-corrected chi connectivity index (χ2v) is 5.60. The Morgan fingerprint density at radius 3 is 2.85 bits per heavy atom. The Morgan fingerprint density at radius 2 is 2.15 bits per heavy atom. The molecule has 0 unspecified atom stereocenters. The number of benzene rings is 1. The third-order valence-electron chi connectivity index (χ3n) is 2.67. The zero-order valence-electron chi connectivity index (χ0n) is 11.2. The standard InChI is InChI=1S/C14H15BrFN3O/c1-8(2)17-7-10-6-13(20)19-14(18-10)11-5-9(16)3-4-12(11)15/h3-6,8,17H,7H2,1-2H3,(H,18,19,20). The van der Waals surface area contributed by atoms with E-state index in [1.807, 2.05) is 13.8 Å². The number of nitrogens with zero attached hydrogens (tertiary/aromatic N) is 1. The van der Waals surface area contributed by atoms with Gasteiger partial charge in [-0.05, 0) is 18.2 Å². The number of aromatic nitrogens is 2. The molecule has 2 aromatic rings. The van der Waals surface area contributed by atoms with E-state index in [0.717, 1.165) is 0 Å². The van der Waals surface area contributed by atoms with E-state index < -0.39 is 0 Å². The van der Waals surface area contributed by atoms with Gasteiger partial charge in [0.25, 0.3) is 5.56 Å². The van der Waals surface area contributed by atoms with Gasteiger partial charge in [-0.25, -0.2) is 9.37 Å². The van der Waals surface area contributed by atoms with Crippen LogP contribution < -0.4 is 10.9 Å². The van der Waals surface area contributed by atoms with E-state index in [4.69, 9.17) is 0 Å². The molecule has 0 atom stereocenters. The lowest BCUT2D eigenvalue weighted by Crippen LogP contribution is -2.24. The molecule has 1 aromatic heterocycles. The van der Waals surface area contributed by atoms with Crippen LogP contribution in [0.3, 0.4) is 0 Å². The lowest BCUT2D eigenvalue weighted by molar-refractivity contribution is 0.580. The van der Waals surface area contributed by atoms with E-state index in [9.17, 15) is 9.18 Å². The Bertz CT molecular complexity index is 670. The smallest absolute Gasteiger partial charge is 0.251 e. The predicted octanol–water partition coefficient (Wildman–Crippen LogP) is 2.84. The summed E-state index contributed by atoms with van der Waals surface area (Å²) in [6.07, 6.45) is 0. The molecule has 0 radical (unpaired) electrons. The molecule has 0 aliphatic rings. The van der Waals surface area contributed by atoms with Gasteiger partial charge in [0.2, 0.25) is 0 Å². The van der Waals surface area contributed by atoms with Crippen LogP contribution in [0.25, 0.3) is 11.4 Å². The molecule has 0 amide bonds. The Balaban J connectivity index is 2.41. The van der Waals surface area contributed by atoms with E-state index in [1.165, 1.54) is 18.2 Å². The van der Waals surface area contributed by atoms with E-state index in [0.29, 0.717) is 34.1 Å². The molecule has 4 nitrogen and oxygen atoms in total. The van der Waals surface area contributed by atoms with Crippen LogP contribution in [0, 0.1) is 5.82 Å². The monoisotopic (exact) mass is 339 g/mol. The molecule has 0 fully saturated rings. The van der Waals surface area contributed by atoms with Gasteiger partial charge in [-0.3, -0.25) is 4.79 Å². The Hall–Kier alpha value is -1.53. The number of nitrogens with one attached hydrogen (secondary N) is 2. The van der Waals surface area contributed by atoms with Crippen molar-refractivity contribution in [3.8, 4) is 11.4 Å². The number of rotatable bonds is 4. The summed E-state index contributed by atoms with van der Waals surface area (Å²) in [6, 6.07) is 5.99. The van der Waals surface area contributed by atoms with Crippen molar-refractivity contribution in [1.29, 1.82) is 0 Å². The minimum Gasteiger partial charge on any atom is -0.309 e. The van der Waals surface area contributed by atoms with Gasteiger partial charge >= 0.3 is 0 Å². The fourth-order valence-electron chi connectivity index (χ4n) is 1.71. The highest BCUT2D eigenvalue weighted by atomic mass is 79.9. The molecule has 0 saturated carbocycles. The van der Waals surface area contributed by atoms with E-state index in [2.05, 4.69) is 31.2 Å². The largest absolute Gasteiger partial charge is 0.309 e. The van der Waals surface area contributed by atoms with Crippen molar-refractivity contribution in [2.75, 3.05) is 0 Å². The average molecular weight is 340 g/mol. The van der Waals surface area contributed by atoms with E-state index >= 15 is 0 Å². The van der Waals surface area contributed by atoms with Crippen LogP contribution >= 0.6 is 15.9 Å². The van der Waals surface area contributed by atoms with Gasteiger partial charge in [0, 0.05) is 28.7 Å². The molecule has 1 aromatic carbocycles. The van der Waals surface area contributed by atoms with Crippen LogP contribution in [0.4, 0.5) is 4.39 Å². The zero-order valence-corrected chi connectivity index (χ0v) is 12.8. The topological polar surface area (TPSA) is 57.8 Å². The maximum Gasteiger partial charge on any atom is 0.251 e. The van der Waals surface area contributed by atoms with Crippen molar-refractivity contribution in [2.24, 2.45) is 0 Å². The predicted molar refractivity (Wildman–Crippen MR) is 79.9 cm³/mol. The van der Waals surface area contributed by atoms with Gasteiger partial charge in [0.05, 0.1) is 5.69 Å². The van der Waals surface area contributed by atoms with Crippen molar-refractivity contribution in [2.45, 2.75) is 26.4 Å². The fourth-order valence-corrected chi connectivity index (χ4v) is 2.15. The van der Waals surface area contributed by atoms with Crippen molar-refractivity contribution >= 4 is 15.9 Å². The fraction of sp³-hybridized carbons (Fsp3) is 0.286. The molecule has 0 aliphatic carbocycles. The van der Waals surface area contributed by atoms with Crippen LogP contribution in [-0.2, 0) is 6.54 Å². The Morgan fingerprint density at radius 1 is 1.40 bits per heavy atom. The summed E-state index contributed by atoms with van der Waals surface area (Å²) in [7, 11) is 0. The van der Waals surface area contributed by atoms with Crippen LogP contribution in [-0.4, -0.2) is 16.0 Å². The van der Waals surface area contributed by atoms with Crippen molar-refractivity contribution < 1.29 is 4.39 Å². The maximum atomic E-state index is 13.3. The Kier molecular flexibility index (Phi) is 4.67. The number of hydrogen-bond donors (Lipinski definition) is 2. The first-order valence-corrected chi connectivity index (χ1v) is 7.04. The van der Waals surface area contributed by atoms with Gasteiger partial charge in [-0.2, -0.15) is 0 Å². The zero-order chi connectivity index (χ0) is 14.7. The highest BCUT2D eigenvalue weighted by molar-refractivity contribution is 9.10. The van der Waals surface area contributed by atoms with E-state index in [1.54, 1.807) is 6.07 Å². The Labute approximate surface area is 124 Å². The number of aromatic amines is 1. The summed E-state index contributed by atoms with van der Waals surface area (Å²) in [6.45, 7) is 4.51. The summed E-state index contributed by atoms with van der Waals surface area (Å²) in [4.78, 5) is 18.7. The van der Waals surface area contributed by atoms with E-state index in [-0.39, 0.29) is 11.4 Å². The SMILES string of the molecule is CC(C)NCc1cc(=O)[nH]c(-c2cc(F)ccc2Br)n1. The number of halogens is 2. The van der Waals surface area contributed by atoms with Crippen molar-refractivity contribution in [3.05, 3.63) is 50.6 Å². The highest BCUT2D eigenvalue weighted by Crippen LogP contribution is 2.25. The summed E-state index contributed by atoms with van der Waals surface area (Å²) >= 11 is 3.33. The van der Waals surface area contributed by atoms with Crippen molar-refractivity contribution in [1.82, 2.24) is 15.3 Å². The minimum absolute atomic E-state index is 0.258. The molecule has 2 N–H and O–H groups in total. The van der Waals surface area contributed by atoms with Crippen LogP contribution in [0.15, 0.2) is 33.5 Å². The summed E-state index contributed by atoms with van der Waals surface area (Å²) in [5.41, 5.74) is 0.883. The first-order chi connectivity index (χ1) is 9.45. The van der Waals surface area contributed by atoms with Crippen LogP contribution in [0.5, 0.6) is 0 Å². The summed E-state index contributed by atoms with van der Waals surface area (Å²) < 4.78 is 14.0. The average Bonchev–Trinajstić information content (AvgIpc) is 2.38. The molecule has 0 saturated heterocycles. The first kappa shape index (κ1) is 14.9. The lowest BCUT2D eigenvalue weighted by atomic mass is 10.2. The first-order valence-electron chi connectivity index (χ1n) is 6.25. The van der Waals surface area contributed by atoms with Gasteiger partial charge in [0.1, 0.15) is 11.6 Å². The second-order valence-electron chi connectivity index (χ2n) is 4.75. The molecule has 1 heterocycles. The molecule has 0 bridgehead atoms. The molecular formula is C14H15BrFN3O. The van der Waals surface area contributed by atoms with Gasteiger partial charge in [-0.15, -0.1) is 0 Å². The van der Waals surface area contributed by atoms with Gasteiger partial charge in [-0.1, -0.05) is 29.8 Å². The third-order valence-corrected chi connectivity index (χ3v) is 3.36.